The maximum atomic E-state index is 12.4. The summed E-state index contributed by atoms with van der Waals surface area (Å²) in [6.45, 7) is 1.63. The highest BCUT2D eigenvalue weighted by molar-refractivity contribution is 7.17. The van der Waals surface area contributed by atoms with Gasteiger partial charge >= 0.3 is 5.97 Å². The van der Waals surface area contributed by atoms with E-state index in [4.69, 9.17) is 4.74 Å². The molecule has 0 unspecified atom stereocenters. The second-order valence-electron chi connectivity index (χ2n) is 5.58. The second kappa shape index (κ2) is 5.89. The molecule has 4 atom stereocenters. The fraction of sp³-hybridized carbons (Fsp3) is 0.571. The molecule has 1 aromatic heterocycles. The predicted octanol–water partition coefficient (Wildman–Crippen LogP) is -0.280. The van der Waals surface area contributed by atoms with Crippen molar-refractivity contribution in [2.45, 2.75) is 32.0 Å². The Morgan fingerprint density at radius 3 is 2.57 bits per heavy atom. The van der Waals surface area contributed by atoms with Gasteiger partial charge in [0.05, 0.1) is 30.9 Å². The van der Waals surface area contributed by atoms with Crippen molar-refractivity contribution in [3.05, 3.63) is 10.6 Å². The first-order valence-corrected chi connectivity index (χ1v) is 7.97. The third-order valence-electron chi connectivity index (χ3n) is 4.25. The normalized spacial score (nSPS) is 28.6. The number of carboxylic acids is 1. The first-order chi connectivity index (χ1) is 10.9. The van der Waals surface area contributed by atoms with Crippen LogP contribution < -0.4 is 10.4 Å². The Labute approximate surface area is 135 Å². The van der Waals surface area contributed by atoms with Gasteiger partial charge in [0.25, 0.3) is 0 Å². The maximum Gasteiger partial charge on any atom is 0.350 e. The van der Waals surface area contributed by atoms with Gasteiger partial charge in [0.1, 0.15) is 4.88 Å². The molecule has 0 aromatic carbocycles. The molecule has 1 aromatic rings. The molecule has 1 amide bonds. The number of carboxylic acid groups (broad SMARTS) is 1. The number of aryl methyl sites for hydroxylation is 1. The van der Waals surface area contributed by atoms with Crippen LogP contribution in [0, 0.1) is 18.8 Å². The summed E-state index contributed by atoms with van der Waals surface area (Å²) in [5.74, 6) is -4.03. The number of amides is 1. The van der Waals surface area contributed by atoms with E-state index in [2.05, 4.69) is 15.0 Å². The number of methoxy groups -OCH3 is 1. The third kappa shape index (κ3) is 2.70. The van der Waals surface area contributed by atoms with Crippen molar-refractivity contribution >= 4 is 34.3 Å². The Morgan fingerprint density at radius 2 is 1.96 bits per heavy atom. The number of aromatic nitrogens is 1. The number of anilines is 1. The highest BCUT2D eigenvalue weighted by Crippen LogP contribution is 2.43. The Balaban J connectivity index is 1.77. The summed E-state index contributed by atoms with van der Waals surface area (Å²) in [4.78, 5) is 39.7. The van der Waals surface area contributed by atoms with Gasteiger partial charge in [-0.2, -0.15) is 0 Å². The monoisotopic (exact) mass is 339 g/mol. The summed E-state index contributed by atoms with van der Waals surface area (Å²) in [7, 11) is 1.26. The number of carbonyl (C=O) groups is 3. The van der Waals surface area contributed by atoms with Crippen molar-refractivity contribution in [3.8, 4) is 0 Å². The lowest BCUT2D eigenvalue weighted by Crippen LogP contribution is -2.46. The van der Waals surface area contributed by atoms with Crippen molar-refractivity contribution in [2.75, 3.05) is 12.4 Å². The van der Waals surface area contributed by atoms with Crippen LogP contribution >= 0.6 is 11.3 Å². The lowest BCUT2D eigenvalue weighted by atomic mass is 9.79. The SMILES string of the molecule is COC(=O)c1sc(NC(=O)[C@H]2[C@@H](C(=O)[O-])[C@@H]3CC[C@H]2O3)nc1C. The number of fused-ring (bicyclic) bond motifs is 2. The number of aliphatic carboxylic acids is 1. The summed E-state index contributed by atoms with van der Waals surface area (Å²) < 4.78 is 10.2. The van der Waals surface area contributed by atoms with Gasteiger partial charge in [0, 0.05) is 11.9 Å². The molecular weight excluding hydrogens is 324 g/mol. The quantitative estimate of drug-likeness (QED) is 0.750. The van der Waals surface area contributed by atoms with Gasteiger partial charge in [0.15, 0.2) is 5.13 Å². The van der Waals surface area contributed by atoms with E-state index in [9.17, 15) is 19.5 Å². The molecule has 2 bridgehead atoms. The summed E-state index contributed by atoms with van der Waals surface area (Å²) >= 11 is 0.988. The molecule has 3 heterocycles. The highest BCUT2D eigenvalue weighted by atomic mass is 32.1. The highest BCUT2D eigenvalue weighted by Gasteiger charge is 2.52. The van der Waals surface area contributed by atoms with Gasteiger partial charge in [-0.15, -0.1) is 0 Å². The molecule has 23 heavy (non-hydrogen) atoms. The Bertz CT molecular complexity index is 672. The Morgan fingerprint density at radius 1 is 1.30 bits per heavy atom. The van der Waals surface area contributed by atoms with Crippen LogP contribution in [0.25, 0.3) is 0 Å². The van der Waals surface area contributed by atoms with E-state index in [1.54, 1.807) is 6.92 Å². The first kappa shape index (κ1) is 15.9. The van der Waals surface area contributed by atoms with Crippen LogP contribution in [0.3, 0.4) is 0 Å². The number of ether oxygens (including phenoxy) is 2. The number of carbonyl (C=O) groups excluding carboxylic acids is 3. The van der Waals surface area contributed by atoms with E-state index in [-0.39, 0.29) is 5.13 Å². The van der Waals surface area contributed by atoms with Crippen LogP contribution in [0.4, 0.5) is 5.13 Å². The molecule has 124 valence electrons. The van der Waals surface area contributed by atoms with Crippen molar-refractivity contribution in [1.29, 1.82) is 0 Å². The van der Waals surface area contributed by atoms with Crippen molar-refractivity contribution < 1.29 is 29.0 Å². The molecule has 2 saturated heterocycles. The fourth-order valence-electron chi connectivity index (χ4n) is 3.23. The van der Waals surface area contributed by atoms with E-state index in [1.807, 2.05) is 0 Å². The van der Waals surface area contributed by atoms with Gasteiger partial charge in [-0.1, -0.05) is 11.3 Å². The van der Waals surface area contributed by atoms with Crippen LogP contribution in [0.15, 0.2) is 0 Å². The van der Waals surface area contributed by atoms with E-state index < -0.39 is 41.9 Å². The standard InChI is InChI=1S/C14H16N2O6S/c1-5-10(13(20)21-2)23-14(15-5)16-11(17)8-6-3-4-7(22-6)9(8)12(18)19/h6-9H,3-4H2,1-2H3,(H,18,19)(H,15,16,17)/p-1/t6-,7+,8-,9+/m1/s1. The van der Waals surface area contributed by atoms with Crippen LogP contribution in [-0.2, 0) is 19.1 Å². The minimum absolute atomic E-state index is 0.229. The number of thiazole rings is 1. The predicted molar refractivity (Wildman–Crippen MR) is 76.7 cm³/mol. The van der Waals surface area contributed by atoms with Crippen molar-refractivity contribution in [2.24, 2.45) is 11.8 Å². The summed E-state index contributed by atoms with van der Waals surface area (Å²) in [6.07, 6.45) is 0.390. The molecule has 0 radical (unpaired) electrons. The maximum absolute atomic E-state index is 12.4. The molecule has 0 spiro atoms. The molecule has 0 saturated carbocycles. The third-order valence-corrected chi connectivity index (χ3v) is 5.30. The Kier molecular flexibility index (Phi) is 4.07. The molecule has 2 aliphatic rings. The van der Waals surface area contributed by atoms with Crippen LogP contribution in [0.2, 0.25) is 0 Å². The Hall–Kier alpha value is -2.00. The topological polar surface area (TPSA) is 118 Å². The van der Waals surface area contributed by atoms with Crippen LogP contribution in [-0.4, -0.2) is 42.1 Å². The zero-order valence-corrected chi connectivity index (χ0v) is 13.3. The number of rotatable bonds is 4. The lowest BCUT2D eigenvalue weighted by molar-refractivity contribution is -0.313. The lowest BCUT2D eigenvalue weighted by Gasteiger charge is -2.27. The summed E-state index contributed by atoms with van der Waals surface area (Å²) in [5, 5.41) is 14.1. The molecule has 2 aliphatic heterocycles. The van der Waals surface area contributed by atoms with Gasteiger partial charge < -0.3 is 24.7 Å². The molecule has 2 fully saturated rings. The van der Waals surface area contributed by atoms with Crippen molar-refractivity contribution in [1.82, 2.24) is 4.98 Å². The first-order valence-electron chi connectivity index (χ1n) is 7.15. The number of esters is 1. The van der Waals surface area contributed by atoms with Gasteiger partial charge in [0.2, 0.25) is 5.91 Å². The fourth-order valence-corrected chi connectivity index (χ4v) is 4.12. The van der Waals surface area contributed by atoms with Gasteiger partial charge in [-0.25, -0.2) is 9.78 Å². The minimum Gasteiger partial charge on any atom is -0.550 e. The second-order valence-corrected chi connectivity index (χ2v) is 6.57. The summed E-state index contributed by atoms with van der Waals surface area (Å²) in [6, 6.07) is 0. The number of nitrogens with one attached hydrogen (secondary N) is 1. The zero-order chi connectivity index (χ0) is 16.7. The summed E-state index contributed by atoms with van der Waals surface area (Å²) in [5.41, 5.74) is 0.442. The molecule has 0 aliphatic carbocycles. The number of hydrogen-bond donors (Lipinski definition) is 1. The smallest absolute Gasteiger partial charge is 0.350 e. The largest absolute Gasteiger partial charge is 0.550 e. The average molecular weight is 339 g/mol. The van der Waals surface area contributed by atoms with Gasteiger partial charge in [-0.05, 0) is 19.8 Å². The van der Waals surface area contributed by atoms with Crippen LogP contribution in [0.5, 0.6) is 0 Å². The van der Waals surface area contributed by atoms with E-state index in [1.165, 1.54) is 7.11 Å². The van der Waals surface area contributed by atoms with E-state index >= 15 is 0 Å². The minimum atomic E-state index is -1.28. The van der Waals surface area contributed by atoms with Crippen LogP contribution in [0.1, 0.15) is 28.2 Å². The number of nitrogens with zero attached hydrogens (tertiary/aromatic N) is 1. The van der Waals surface area contributed by atoms with E-state index in [0.717, 1.165) is 11.3 Å². The molecular formula is C14H15N2O6S-. The average Bonchev–Trinajstić information content (AvgIpc) is 3.19. The molecule has 9 heteroatoms. The number of hydrogen-bond acceptors (Lipinski definition) is 8. The van der Waals surface area contributed by atoms with Crippen molar-refractivity contribution in [3.63, 3.8) is 0 Å². The molecule has 1 N–H and O–H groups in total. The zero-order valence-electron chi connectivity index (χ0n) is 12.5. The van der Waals surface area contributed by atoms with Gasteiger partial charge in [-0.3, -0.25) is 4.79 Å². The molecule has 8 nitrogen and oxygen atoms in total. The van der Waals surface area contributed by atoms with E-state index in [0.29, 0.717) is 23.4 Å². The molecule has 3 rings (SSSR count).